The zero-order chi connectivity index (χ0) is 14.2. The molecule has 5 heteroatoms. The predicted molar refractivity (Wildman–Crippen MR) is 78.2 cm³/mol. The summed E-state index contributed by atoms with van der Waals surface area (Å²) in [4.78, 5) is 23.4. The van der Waals surface area contributed by atoms with Crippen LogP contribution < -0.4 is 16.0 Å². The van der Waals surface area contributed by atoms with Crippen molar-refractivity contribution >= 4 is 11.8 Å². The number of carbonyl (C=O) groups excluding carboxylic acids is 2. The standard InChI is InChI=1S/C15H27N3O2/c19-14(8-7-12-4-1-2-5-12)17-11-15(20)18-13-6-3-9-16-10-13/h12-13,16H,1-11H2,(H,17,19)(H,18,20)/t13-/m0/s1. The number of piperidine rings is 1. The molecule has 1 aliphatic heterocycles. The first-order valence-electron chi connectivity index (χ1n) is 8.01. The van der Waals surface area contributed by atoms with E-state index in [4.69, 9.17) is 0 Å². The van der Waals surface area contributed by atoms with E-state index < -0.39 is 0 Å². The summed E-state index contributed by atoms with van der Waals surface area (Å²) in [6, 6.07) is 0.214. The van der Waals surface area contributed by atoms with Crippen LogP contribution in [-0.4, -0.2) is 37.5 Å². The van der Waals surface area contributed by atoms with Gasteiger partial charge in [0.1, 0.15) is 0 Å². The van der Waals surface area contributed by atoms with Crippen molar-refractivity contribution < 1.29 is 9.59 Å². The third kappa shape index (κ3) is 5.49. The molecule has 1 heterocycles. The molecule has 1 aliphatic carbocycles. The molecule has 3 N–H and O–H groups in total. The molecule has 0 aromatic rings. The molecule has 0 spiro atoms. The SMILES string of the molecule is O=C(CCC1CCCC1)NCC(=O)N[C@H]1CCCNC1. The Morgan fingerprint density at radius 2 is 1.85 bits per heavy atom. The highest BCUT2D eigenvalue weighted by Gasteiger charge is 2.17. The lowest BCUT2D eigenvalue weighted by atomic mass is 10.0. The van der Waals surface area contributed by atoms with Gasteiger partial charge in [-0.05, 0) is 31.7 Å². The smallest absolute Gasteiger partial charge is 0.239 e. The molecule has 5 nitrogen and oxygen atoms in total. The lowest BCUT2D eigenvalue weighted by molar-refractivity contribution is -0.126. The van der Waals surface area contributed by atoms with Crippen LogP contribution in [0.1, 0.15) is 51.4 Å². The van der Waals surface area contributed by atoms with Gasteiger partial charge in [-0.1, -0.05) is 25.7 Å². The van der Waals surface area contributed by atoms with Crippen molar-refractivity contribution in [3.05, 3.63) is 0 Å². The van der Waals surface area contributed by atoms with Gasteiger partial charge in [0.25, 0.3) is 0 Å². The van der Waals surface area contributed by atoms with Crippen LogP contribution in [-0.2, 0) is 9.59 Å². The van der Waals surface area contributed by atoms with E-state index in [1.807, 2.05) is 0 Å². The van der Waals surface area contributed by atoms with Crippen molar-refractivity contribution in [1.82, 2.24) is 16.0 Å². The summed E-state index contributed by atoms with van der Waals surface area (Å²) >= 11 is 0. The molecule has 2 aliphatic rings. The van der Waals surface area contributed by atoms with Gasteiger partial charge in [-0.15, -0.1) is 0 Å². The van der Waals surface area contributed by atoms with Crippen molar-refractivity contribution in [3.8, 4) is 0 Å². The Balaban J connectivity index is 1.53. The molecule has 1 atom stereocenters. The third-order valence-corrected chi connectivity index (χ3v) is 4.36. The van der Waals surface area contributed by atoms with Gasteiger partial charge in [0.15, 0.2) is 0 Å². The van der Waals surface area contributed by atoms with Crippen LogP contribution in [0.2, 0.25) is 0 Å². The first kappa shape index (κ1) is 15.3. The molecule has 1 saturated heterocycles. The zero-order valence-electron chi connectivity index (χ0n) is 12.2. The van der Waals surface area contributed by atoms with E-state index in [0.29, 0.717) is 6.42 Å². The summed E-state index contributed by atoms with van der Waals surface area (Å²) in [5, 5.41) is 8.93. The quantitative estimate of drug-likeness (QED) is 0.678. The largest absolute Gasteiger partial charge is 0.351 e. The first-order valence-corrected chi connectivity index (χ1v) is 8.01. The molecule has 0 unspecified atom stereocenters. The number of carbonyl (C=O) groups is 2. The van der Waals surface area contributed by atoms with E-state index in [0.717, 1.165) is 38.3 Å². The monoisotopic (exact) mass is 281 g/mol. The fourth-order valence-corrected chi connectivity index (χ4v) is 3.16. The molecule has 2 fully saturated rings. The lowest BCUT2D eigenvalue weighted by Gasteiger charge is -2.23. The Kier molecular flexibility index (Phi) is 6.30. The summed E-state index contributed by atoms with van der Waals surface area (Å²) in [6.45, 7) is 1.98. The lowest BCUT2D eigenvalue weighted by Crippen LogP contribution is -2.48. The highest BCUT2D eigenvalue weighted by molar-refractivity contribution is 5.84. The molecule has 0 bridgehead atoms. The van der Waals surface area contributed by atoms with Gasteiger partial charge >= 0.3 is 0 Å². The molecular weight excluding hydrogens is 254 g/mol. The van der Waals surface area contributed by atoms with Crippen LogP contribution >= 0.6 is 0 Å². The highest BCUT2D eigenvalue weighted by atomic mass is 16.2. The number of amides is 2. The van der Waals surface area contributed by atoms with E-state index in [1.54, 1.807) is 0 Å². The van der Waals surface area contributed by atoms with E-state index >= 15 is 0 Å². The van der Waals surface area contributed by atoms with Crippen molar-refractivity contribution in [2.45, 2.75) is 57.4 Å². The molecule has 1 saturated carbocycles. The van der Waals surface area contributed by atoms with Crippen LogP contribution in [0.5, 0.6) is 0 Å². The minimum atomic E-state index is -0.0760. The minimum absolute atomic E-state index is 0.00817. The summed E-state index contributed by atoms with van der Waals surface area (Å²) in [7, 11) is 0. The van der Waals surface area contributed by atoms with E-state index in [2.05, 4.69) is 16.0 Å². The number of hydrogen-bond acceptors (Lipinski definition) is 3. The zero-order valence-corrected chi connectivity index (χ0v) is 12.2. The number of nitrogens with one attached hydrogen (secondary N) is 3. The fourth-order valence-electron chi connectivity index (χ4n) is 3.16. The Morgan fingerprint density at radius 3 is 2.55 bits per heavy atom. The summed E-state index contributed by atoms with van der Waals surface area (Å²) in [5.74, 6) is 0.657. The van der Waals surface area contributed by atoms with Gasteiger partial charge in [0, 0.05) is 19.0 Å². The summed E-state index contributed by atoms with van der Waals surface area (Å²) in [5.41, 5.74) is 0. The maximum atomic E-state index is 11.7. The fraction of sp³-hybridized carbons (Fsp3) is 0.867. The Bertz CT molecular complexity index is 321. The summed E-state index contributed by atoms with van der Waals surface area (Å²) in [6.07, 6.45) is 8.80. The molecule has 0 aromatic carbocycles. The molecule has 20 heavy (non-hydrogen) atoms. The molecular formula is C15H27N3O2. The van der Waals surface area contributed by atoms with Gasteiger partial charge in [-0.3, -0.25) is 9.59 Å². The Hall–Kier alpha value is -1.10. The van der Waals surface area contributed by atoms with Crippen LogP contribution in [0.3, 0.4) is 0 Å². The van der Waals surface area contributed by atoms with Gasteiger partial charge < -0.3 is 16.0 Å². The van der Waals surface area contributed by atoms with Crippen molar-refractivity contribution in [2.24, 2.45) is 5.92 Å². The maximum absolute atomic E-state index is 11.7. The van der Waals surface area contributed by atoms with Gasteiger partial charge in [0.05, 0.1) is 6.54 Å². The second-order valence-corrected chi connectivity index (χ2v) is 6.08. The number of hydrogen-bond donors (Lipinski definition) is 3. The van der Waals surface area contributed by atoms with Crippen LogP contribution in [0.4, 0.5) is 0 Å². The molecule has 0 aromatic heterocycles. The average Bonchev–Trinajstić information content (AvgIpc) is 2.97. The second-order valence-electron chi connectivity index (χ2n) is 6.08. The Labute approximate surface area is 121 Å². The van der Waals surface area contributed by atoms with Crippen LogP contribution in [0, 0.1) is 5.92 Å². The van der Waals surface area contributed by atoms with Crippen molar-refractivity contribution in [3.63, 3.8) is 0 Å². The third-order valence-electron chi connectivity index (χ3n) is 4.36. The highest BCUT2D eigenvalue weighted by Crippen LogP contribution is 2.28. The van der Waals surface area contributed by atoms with E-state index in [1.165, 1.54) is 25.7 Å². The molecule has 0 radical (unpaired) electrons. The minimum Gasteiger partial charge on any atom is -0.351 e. The van der Waals surface area contributed by atoms with E-state index in [9.17, 15) is 9.59 Å². The maximum Gasteiger partial charge on any atom is 0.239 e. The van der Waals surface area contributed by atoms with Gasteiger partial charge in [-0.2, -0.15) is 0 Å². The number of rotatable bonds is 6. The average molecular weight is 281 g/mol. The normalized spacial score (nSPS) is 23.5. The van der Waals surface area contributed by atoms with E-state index in [-0.39, 0.29) is 24.4 Å². The van der Waals surface area contributed by atoms with Gasteiger partial charge in [0.2, 0.25) is 11.8 Å². The van der Waals surface area contributed by atoms with Gasteiger partial charge in [-0.25, -0.2) is 0 Å². The van der Waals surface area contributed by atoms with Crippen molar-refractivity contribution in [1.29, 1.82) is 0 Å². The van der Waals surface area contributed by atoms with Crippen LogP contribution in [0.15, 0.2) is 0 Å². The second kappa shape index (κ2) is 8.25. The van der Waals surface area contributed by atoms with Crippen LogP contribution in [0.25, 0.3) is 0 Å². The molecule has 114 valence electrons. The van der Waals surface area contributed by atoms with Crippen molar-refractivity contribution in [2.75, 3.05) is 19.6 Å². The molecule has 2 rings (SSSR count). The molecule has 2 amide bonds. The topological polar surface area (TPSA) is 70.2 Å². The summed E-state index contributed by atoms with van der Waals surface area (Å²) < 4.78 is 0. The Morgan fingerprint density at radius 1 is 1.05 bits per heavy atom. The predicted octanol–water partition coefficient (Wildman–Crippen LogP) is 0.941. The first-order chi connectivity index (χ1) is 9.74.